The van der Waals surface area contributed by atoms with Crippen molar-refractivity contribution in [2.45, 2.75) is 32.9 Å². The van der Waals surface area contributed by atoms with Crippen LogP contribution in [-0.2, 0) is 6.61 Å². The largest absolute Gasteiger partial charge is 0.489 e. The summed E-state index contributed by atoms with van der Waals surface area (Å²) in [6, 6.07) is 19.8. The van der Waals surface area contributed by atoms with Crippen molar-refractivity contribution in [3.8, 4) is 5.75 Å². The van der Waals surface area contributed by atoms with Crippen molar-refractivity contribution in [2.75, 3.05) is 10.6 Å². The molecule has 0 saturated carbocycles. The lowest BCUT2D eigenvalue weighted by Gasteiger charge is -2.21. The number of aromatic nitrogens is 2. The molecular formula is C21H24N4O. The van der Waals surface area contributed by atoms with E-state index in [0.29, 0.717) is 6.61 Å². The lowest BCUT2D eigenvalue weighted by molar-refractivity contribution is 0.306. The molecule has 134 valence electrons. The van der Waals surface area contributed by atoms with E-state index in [1.807, 2.05) is 60.7 Å². The van der Waals surface area contributed by atoms with Crippen molar-refractivity contribution in [1.29, 1.82) is 0 Å². The van der Waals surface area contributed by atoms with Gasteiger partial charge in [0.05, 0.1) is 0 Å². The highest BCUT2D eigenvalue weighted by Crippen LogP contribution is 2.21. The zero-order valence-corrected chi connectivity index (χ0v) is 15.4. The van der Waals surface area contributed by atoms with E-state index in [-0.39, 0.29) is 5.54 Å². The van der Waals surface area contributed by atoms with Crippen LogP contribution >= 0.6 is 0 Å². The molecule has 5 heteroatoms. The maximum atomic E-state index is 5.81. The first kappa shape index (κ1) is 17.7. The summed E-state index contributed by atoms with van der Waals surface area (Å²) < 4.78 is 5.81. The summed E-state index contributed by atoms with van der Waals surface area (Å²) in [6.45, 7) is 6.84. The summed E-state index contributed by atoms with van der Waals surface area (Å²) in [4.78, 5) is 8.52. The highest BCUT2D eigenvalue weighted by Gasteiger charge is 2.10. The highest BCUT2D eigenvalue weighted by atomic mass is 16.5. The molecule has 26 heavy (non-hydrogen) atoms. The van der Waals surface area contributed by atoms with Crippen LogP contribution in [0.2, 0.25) is 0 Å². The smallest absolute Gasteiger partial charge is 0.135 e. The van der Waals surface area contributed by atoms with Gasteiger partial charge in [-0.2, -0.15) is 0 Å². The van der Waals surface area contributed by atoms with Gasteiger partial charge in [0, 0.05) is 17.3 Å². The average Bonchev–Trinajstić information content (AvgIpc) is 2.61. The monoisotopic (exact) mass is 348 g/mol. The van der Waals surface area contributed by atoms with Gasteiger partial charge in [-0.25, -0.2) is 9.97 Å². The predicted molar refractivity (Wildman–Crippen MR) is 106 cm³/mol. The Labute approximate surface area is 154 Å². The molecule has 2 aromatic carbocycles. The first-order chi connectivity index (χ1) is 12.5. The summed E-state index contributed by atoms with van der Waals surface area (Å²) in [6.07, 6.45) is 1.55. The van der Waals surface area contributed by atoms with E-state index in [1.54, 1.807) is 6.33 Å². The number of benzene rings is 2. The van der Waals surface area contributed by atoms with Gasteiger partial charge in [-0.15, -0.1) is 0 Å². The molecule has 1 aromatic heterocycles. The third-order valence-corrected chi connectivity index (χ3v) is 3.55. The number of ether oxygens (including phenoxy) is 1. The fraction of sp³-hybridized carbons (Fsp3) is 0.238. The maximum Gasteiger partial charge on any atom is 0.135 e. The molecule has 0 bridgehead atoms. The minimum Gasteiger partial charge on any atom is -0.489 e. The fourth-order valence-corrected chi connectivity index (χ4v) is 2.40. The van der Waals surface area contributed by atoms with Gasteiger partial charge in [0.1, 0.15) is 30.3 Å². The van der Waals surface area contributed by atoms with Crippen molar-refractivity contribution in [3.63, 3.8) is 0 Å². The Kier molecular flexibility index (Phi) is 5.37. The third kappa shape index (κ3) is 5.48. The SMILES string of the molecule is CC(C)(C)Nc1cc(Nc2ccc(OCc3ccccc3)cc2)ncn1. The van der Waals surface area contributed by atoms with E-state index >= 15 is 0 Å². The molecule has 0 saturated heterocycles. The number of rotatable bonds is 6. The molecule has 0 unspecified atom stereocenters. The van der Waals surface area contributed by atoms with Crippen LogP contribution in [0.25, 0.3) is 0 Å². The molecule has 0 spiro atoms. The Morgan fingerprint density at radius 1 is 0.885 bits per heavy atom. The Morgan fingerprint density at radius 3 is 2.27 bits per heavy atom. The van der Waals surface area contributed by atoms with Gasteiger partial charge in [0.2, 0.25) is 0 Å². The van der Waals surface area contributed by atoms with Crippen molar-refractivity contribution in [2.24, 2.45) is 0 Å². The molecule has 1 heterocycles. The minimum absolute atomic E-state index is 0.0522. The summed E-state index contributed by atoms with van der Waals surface area (Å²) in [5.41, 5.74) is 2.04. The third-order valence-electron chi connectivity index (χ3n) is 3.55. The zero-order chi connectivity index (χ0) is 18.4. The van der Waals surface area contributed by atoms with Gasteiger partial charge >= 0.3 is 0 Å². The first-order valence-electron chi connectivity index (χ1n) is 8.62. The number of hydrogen-bond donors (Lipinski definition) is 2. The Bertz CT molecular complexity index is 827. The second-order valence-electron chi connectivity index (χ2n) is 7.09. The van der Waals surface area contributed by atoms with Crippen LogP contribution in [0.1, 0.15) is 26.3 Å². The van der Waals surface area contributed by atoms with Crippen molar-refractivity contribution in [1.82, 2.24) is 9.97 Å². The summed E-state index contributed by atoms with van der Waals surface area (Å²) >= 11 is 0. The predicted octanol–water partition coefficient (Wildman–Crippen LogP) is 5.01. The summed E-state index contributed by atoms with van der Waals surface area (Å²) in [5.74, 6) is 2.36. The highest BCUT2D eigenvalue weighted by molar-refractivity contribution is 5.59. The normalized spacial score (nSPS) is 11.0. The van der Waals surface area contributed by atoms with Gasteiger partial charge in [-0.05, 0) is 50.6 Å². The molecule has 0 aliphatic heterocycles. The zero-order valence-electron chi connectivity index (χ0n) is 15.4. The van der Waals surface area contributed by atoms with E-state index in [0.717, 1.165) is 28.6 Å². The van der Waals surface area contributed by atoms with Gasteiger partial charge in [0.15, 0.2) is 0 Å². The second-order valence-corrected chi connectivity index (χ2v) is 7.09. The Morgan fingerprint density at radius 2 is 1.58 bits per heavy atom. The molecule has 3 rings (SSSR count). The van der Waals surface area contributed by atoms with Gasteiger partial charge < -0.3 is 15.4 Å². The molecular weight excluding hydrogens is 324 g/mol. The van der Waals surface area contributed by atoms with Crippen LogP contribution in [0.3, 0.4) is 0 Å². The van der Waals surface area contributed by atoms with Crippen LogP contribution in [-0.4, -0.2) is 15.5 Å². The number of nitrogens with zero attached hydrogens (tertiary/aromatic N) is 2. The van der Waals surface area contributed by atoms with Crippen LogP contribution in [0.15, 0.2) is 67.0 Å². The molecule has 2 N–H and O–H groups in total. The molecule has 0 aliphatic rings. The minimum atomic E-state index is -0.0522. The average molecular weight is 348 g/mol. The molecule has 0 aliphatic carbocycles. The van der Waals surface area contributed by atoms with Gasteiger partial charge in [0.25, 0.3) is 0 Å². The fourth-order valence-electron chi connectivity index (χ4n) is 2.40. The topological polar surface area (TPSA) is 59.1 Å². The van der Waals surface area contributed by atoms with Crippen LogP contribution in [0.5, 0.6) is 5.75 Å². The molecule has 0 atom stereocenters. The number of nitrogens with one attached hydrogen (secondary N) is 2. The Hall–Kier alpha value is -3.08. The van der Waals surface area contributed by atoms with Crippen molar-refractivity contribution in [3.05, 3.63) is 72.6 Å². The second kappa shape index (κ2) is 7.87. The molecule has 0 fully saturated rings. The summed E-state index contributed by atoms with van der Waals surface area (Å²) in [7, 11) is 0. The lowest BCUT2D eigenvalue weighted by atomic mass is 10.1. The summed E-state index contributed by atoms with van der Waals surface area (Å²) in [5, 5.41) is 6.62. The quantitative estimate of drug-likeness (QED) is 0.656. The first-order valence-corrected chi connectivity index (χ1v) is 8.62. The van der Waals surface area contributed by atoms with E-state index < -0.39 is 0 Å². The number of hydrogen-bond acceptors (Lipinski definition) is 5. The molecule has 5 nitrogen and oxygen atoms in total. The standard InChI is InChI=1S/C21H24N4O/c1-21(2,3)25-20-13-19(22-15-23-20)24-17-9-11-18(12-10-17)26-14-16-7-5-4-6-8-16/h4-13,15H,14H2,1-3H3,(H2,22,23,24,25). The molecule has 0 radical (unpaired) electrons. The number of anilines is 3. The van der Waals surface area contributed by atoms with E-state index in [9.17, 15) is 0 Å². The maximum absolute atomic E-state index is 5.81. The van der Waals surface area contributed by atoms with Crippen molar-refractivity contribution >= 4 is 17.3 Å². The van der Waals surface area contributed by atoms with Crippen LogP contribution < -0.4 is 15.4 Å². The van der Waals surface area contributed by atoms with E-state index in [2.05, 4.69) is 41.4 Å². The van der Waals surface area contributed by atoms with E-state index in [4.69, 9.17) is 4.74 Å². The molecule has 3 aromatic rings. The van der Waals surface area contributed by atoms with Crippen LogP contribution in [0.4, 0.5) is 17.3 Å². The van der Waals surface area contributed by atoms with E-state index in [1.165, 1.54) is 0 Å². The van der Waals surface area contributed by atoms with Crippen molar-refractivity contribution < 1.29 is 4.74 Å². The lowest BCUT2D eigenvalue weighted by Crippen LogP contribution is -2.26. The molecule has 0 amide bonds. The van der Waals surface area contributed by atoms with Crippen LogP contribution in [0, 0.1) is 0 Å². The van der Waals surface area contributed by atoms with Gasteiger partial charge in [-0.1, -0.05) is 30.3 Å². The van der Waals surface area contributed by atoms with Gasteiger partial charge in [-0.3, -0.25) is 0 Å². The Balaban J connectivity index is 1.60.